The van der Waals surface area contributed by atoms with E-state index in [4.69, 9.17) is 0 Å². The fraction of sp³-hybridized carbons (Fsp3) is 0.818. The van der Waals surface area contributed by atoms with E-state index in [0.717, 1.165) is 11.8 Å². The molecule has 1 nitrogen and oxygen atoms in total. The molecule has 1 atom stereocenters. The summed E-state index contributed by atoms with van der Waals surface area (Å²) in [5.74, 6) is 1.74. The molecule has 2 aliphatic rings. The molecule has 1 aliphatic carbocycles. The summed E-state index contributed by atoms with van der Waals surface area (Å²) < 4.78 is 0. The van der Waals surface area contributed by atoms with Crippen LogP contribution in [-0.4, -0.2) is 18.0 Å². The van der Waals surface area contributed by atoms with Crippen molar-refractivity contribution in [1.29, 1.82) is 0 Å². The van der Waals surface area contributed by atoms with Crippen molar-refractivity contribution in [3.63, 3.8) is 0 Å². The molecular formula is C11H19N. The van der Waals surface area contributed by atoms with E-state index >= 15 is 0 Å². The van der Waals surface area contributed by atoms with E-state index in [2.05, 4.69) is 18.4 Å². The highest BCUT2D eigenvalue weighted by Crippen LogP contribution is 2.38. The summed E-state index contributed by atoms with van der Waals surface area (Å²) in [6.07, 6.45) is 5.56. The van der Waals surface area contributed by atoms with Crippen molar-refractivity contribution in [2.24, 2.45) is 11.8 Å². The first-order valence-electron chi connectivity index (χ1n) is 5.21. The molecule has 1 heterocycles. The second-order valence-electron chi connectivity index (χ2n) is 4.46. The molecule has 68 valence electrons. The number of piperidine rings is 1. The van der Waals surface area contributed by atoms with E-state index in [-0.39, 0.29) is 0 Å². The van der Waals surface area contributed by atoms with E-state index in [1.54, 1.807) is 0 Å². The quantitative estimate of drug-likeness (QED) is 0.608. The Kier molecular flexibility index (Phi) is 2.12. The molecule has 0 N–H and O–H groups in total. The van der Waals surface area contributed by atoms with Gasteiger partial charge in [-0.15, -0.1) is 0 Å². The first kappa shape index (κ1) is 8.15. The lowest BCUT2D eigenvalue weighted by Gasteiger charge is -2.34. The van der Waals surface area contributed by atoms with Gasteiger partial charge in [-0.1, -0.05) is 13.5 Å². The Labute approximate surface area is 75.4 Å². The van der Waals surface area contributed by atoms with Crippen LogP contribution in [0.5, 0.6) is 0 Å². The number of rotatable bonds is 2. The van der Waals surface area contributed by atoms with Crippen LogP contribution < -0.4 is 0 Å². The van der Waals surface area contributed by atoms with Gasteiger partial charge in [-0.3, -0.25) is 0 Å². The predicted octanol–water partition coefficient (Wildman–Crippen LogP) is 2.64. The standard InChI is InChI=1S/C11H19N/c1-9-4-3-7-12(8-9)10(2)11-5-6-11/h9,11H,2-8H2,1H3. The van der Waals surface area contributed by atoms with Crippen molar-refractivity contribution in [2.75, 3.05) is 13.1 Å². The number of likely N-dealkylation sites (tertiary alicyclic amines) is 1. The van der Waals surface area contributed by atoms with Crippen molar-refractivity contribution >= 4 is 0 Å². The minimum Gasteiger partial charge on any atom is -0.375 e. The van der Waals surface area contributed by atoms with Gasteiger partial charge in [-0.2, -0.15) is 0 Å². The zero-order valence-electron chi connectivity index (χ0n) is 8.05. The third-order valence-corrected chi connectivity index (χ3v) is 3.11. The SMILES string of the molecule is C=C(C1CC1)N1CCCC(C)C1. The van der Waals surface area contributed by atoms with Crippen LogP contribution in [0.15, 0.2) is 12.3 Å². The Morgan fingerprint density at radius 2 is 2.08 bits per heavy atom. The molecule has 0 aromatic carbocycles. The number of nitrogens with zero attached hydrogens (tertiary/aromatic N) is 1. The highest BCUT2D eigenvalue weighted by Gasteiger charge is 2.29. The normalized spacial score (nSPS) is 30.4. The van der Waals surface area contributed by atoms with Gasteiger partial charge in [-0.05, 0) is 37.5 Å². The van der Waals surface area contributed by atoms with Crippen molar-refractivity contribution in [3.8, 4) is 0 Å². The minimum atomic E-state index is 0.857. The Bertz CT molecular complexity index is 181. The Morgan fingerprint density at radius 3 is 2.67 bits per heavy atom. The van der Waals surface area contributed by atoms with Gasteiger partial charge in [0.2, 0.25) is 0 Å². The molecule has 0 radical (unpaired) electrons. The van der Waals surface area contributed by atoms with Gasteiger partial charge < -0.3 is 4.90 Å². The number of hydrogen-bond acceptors (Lipinski definition) is 1. The van der Waals surface area contributed by atoms with Gasteiger partial charge >= 0.3 is 0 Å². The molecule has 1 saturated carbocycles. The summed E-state index contributed by atoms with van der Waals surface area (Å²) in [7, 11) is 0. The molecule has 2 fully saturated rings. The molecule has 0 aromatic rings. The second kappa shape index (κ2) is 3.12. The first-order chi connectivity index (χ1) is 5.77. The molecule has 0 bridgehead atoms. The van der Waals surface area contributed by atoms with Crippen molar-refractivity contribution in [3.05, 3.63) is 12.3 Å². The van der Waals surface area contributed by atoms with E-state index in [0.29, 0.717) is 0 Å². The fourth-order valence-electron chi connectivity index (χ4n) is 2.13. The third kappa shape index (κ3) is 1.65. The molecule has 0 spiro atoms. The van der Waals surface area contributed by atoms with Gasteiger partial charge in [0.1, 0.15) is 0 Å². The number of hydrogen-bond donors (Lipinski definition) is 0. The van der Waals surface area contributed by atoms with Crippen LogP contribution in [0.2, 0.25) is 0 Å². The zero-order valence-corrected chi connectivity index (χ0v) is 8.05. The monoisotopic (exact) mass is 165 g/mol. The third-order valence-electron chi connectivity index (χ3n) is 3.11. The zero-order chi connectivity index (χ0) is 8.55. The molecule has 0 amide bonds. The maximum Gasteiger partial charge on any atom is 0.0200 e. The summed E-state index contributed by atoms with van der Waals surface area (Å²) in [5.41, 5.74) is 1.43. The predicted molar refractivity (Wildman–Crippen MR) is 51.8 cm³/mol. The van der Waals surface area contributed by atoms with Gasteiger partial charge in [0.15, 0.2) is 0 Å². The van der Waals surface area contributed by atoms with Gasteiger partial charge in [0, 0.05) is 18.8 Å². The molecule has 12 heavy (non-hydrogen) atoms. The Morgan fingerprint density at radius 1 is 1.33 bits per heavy atom. The topological polar surface area (TPSA) is 3.24 Å². The maximum absolute atomic E-state index is 4.20. The van der Waals surface area contributed by atoms with Crippen molar-refractivity contribution in [2.45, 2.75) is 32.6 Å². The van der Waals surface area contributed by atoms with Gasteiger partial charge in [0.25, 0.3) is 0 Å². The van der Waals surface area contributed by atoms with Gasteiger partial charge in [0.05, 0.1) is 0 Å². The lowest BCUT2D eigenvalue weighted by atomic mass is 9.99. The minimum absolute atomic E-state index is 0.857. The van der Waals surface area contributed by atoms with Crippen LogP contribution in [0.1, 0.15) is 32.6 Å². The average molecular weight is 165 g/mol. The summed E-state index contributed by atoms with van der Waals surface area (Å²) in [6, 6.07) is 0. The summed E-state index contributed by atoms with van der Waals surface area (Å²) in [4.78, 5) is 2.52. The van der Waals surface area contributed by atoms with Crippen LogP contribution in [0.4, 0.5) is 0 Å². The van der Waals surface area contributed by atoms with Crippen LogP contribution in [0.3, 0.4) is 0 Å². The molecular weight excluding hydrogens is 146 g/mol. The van der Waals surface area contributed by atoms with E-state index in [1.807, 2.05) is 0 Å². The smallest absolute Gasteiger partial charge is 0.0200 e. The lowest BCUT2D eigenvalue weighted by molar-refractivity contribution is 0.221. The van der Waals surface area contributed by atoms with Crippen molar-refractivity contribution in [1.82, 2.24) is 4.90 Å². The fourth-order valence-corrected chi connectivity index (χ4v) is 2.13. The highest BCUT2D eigenvalue weighted by atomic mass is 15.1. The highest BCUT2D eigenvalue weighted by molar-refractivity contribution is 5.07. The van der Waals surface area contributed by atoms with E-state index in [9.17, 15) is 0 Å². The first-order valence-corrected chi connectivity index (χ1v) is 5.21. The average Bonchev–Trinajstić information content (AvgIpc) is 2.85. The van der Waals surface area contributed by atoms with Crippen LogP contribution in [-0.2, 0) is 0 Å². The molecule has 1 aliphatic heterocycles. The summed E-state index contributed by atoms with van der Waals surface area (Å²) in [5, 5.41) is 0. The van der Waals surface area contributed by atoms with E-state index < -0.39 is 0 Å². The molecule has 1 heteroatoms. The van der Waals surface area contributed by atoms with Crippen LogP contribution >= 0.6 is 0 Å². The largest absolute Gasteiger partial charge is 0.375 e. The molecule has 1 saturated heterocycles. The Balaban J connectivity index is 1.89. The molecule has 1 unspecified atom stereocenters. The maximum atomic E-state index is 4.20. The summed E-state index contributed by atoms with van der Waals surface area (Å²) in [6.45, 7) is 9.08. The second-order valence-corrected chi connectivity index (χ2v) is 4.46. The molecule has 2 rings (SSSR count). The van der Waals surface area contributed by atoms with E-state index in [1.165, 1.54) is 44.5 Å². The van der Waals surface area contributed by atoms with Crippen LogP contribution in [0, 0.1) is 11.8 Å². The summed E-state index contributed by atoms with van der Waals surface area (Å²) >= 11 is 0. The number of allylic oxidation sites excluding steroid dienone is 1. The van der Waals surface area contributed by atoms with Crippen molar-refractivity contribution < 1.29 is 0 Å². The molecule has 0 aromatic heterocycles. The Hall–Kier alpha value is -0.460. The van der Waals surface area contributed by atoms with Gasteiger partial charge in [-0.25, -0.2) is 0 Å². The van der Waals surface area contributed by atoms with Crippen LogP contribution in [0.25, 0.3) is 0 Å². The lowest BCUT2D eigenvalue weighted by Crippen LogP contribution is -2.33.